The Bertz CT molecular complexity index is 909. The fourth-order valence-corrected chi connectivity index (χ4v) is 2.81. The molecule has 0 fully saturated rings. The topological polar surface area (TPSA) is 33.8 Å². The van der Waals surface area contributed by atoms with E-state index in [1.54, 1.807) is 0 Å². The van der Waals surface area contributed by atoms with Crippen LogP contribution in [-0.4, -0.2) is 11.0 Å². The van der Waals surface area contributed by atoms with E-state index in [0.29, 0.717) is 0 Å². The van der Waals surface area contributed by atoms with Crippen molar-refractivity contribution in [1.82, 2.24) is 0 Å². The standard InChI is InChI=1S/C17H9F6NO2/c1-24-8-4-7(18)5-9(6-8)26-11-3-2-10-12(13(11)16(20)21)15(25)17(22,23)14(10)19/h2-6,14-16,25H. The Balaban J connectivity index is 2.13. The first-order valence-electron chi connectivity index (χ1n) is 7.17. The number of rotatable bonds is 3. The Morgan fingerprint density at radius 2 is 1.88 bits per heavy atom. The van der Waals surface area contributed by atoms with Crippen molar-refractivity contribution in [3.8, 4) is 11.5 Å². The third-order valence-electron chi connectivity index (χ3n) is 3.96. The molecule has 0 bridgehead atoms. The molecule has 3 rings (SSSR count). The van der Waals surface area contributed by atoms with E-state index in [-0.39, 0.29) is 11.4 Å². The zero-order chi connectivity index (χ0) is 19.2. The van der Waals surface area contributed by atoms with Gasteiger partial charge in [0, 0.05) is 11.6 Å². The summed E-state index contributed by atoms with van der Waals surface area (Å²) in [5.41, 5.74) is -2.98. The molecule has 0 amide bonds. The summed E-state index contributed by atoms with van der Waals surface area (Å²) in [5.74, 6) is -6.11. The summed E-state index contributed by atoms with van der Waals surface area (Å²) in [6.45, 7) is 6.84. The highest BCUT2D eigenvalue weighted by Gasteiger charge is 2.57. The zero-order valence-electron chi connectivity index (χ0n) is 12.7. The molecule has 1 aliphatic carbocycles. The van der Waals surface area contributed by atoms with Crippen LogP contribution in [0.1, 0.15) is 35.4 Å². The monoisotopic (exact) mass is 373 g/mol. The van der Waals surface area contributed by atoms with E-state index < -0.39 is 52.9 Å². The fraction of sp³-hybridized carbons (Fsp3) is 0.235. The lowest BCUT2D eigenvalue weighted by Gasteiger charge is -2.18. The fourth-order valence-electron chi connectivity index (χ4n) is 2.81. The summed E-state index contributed by atoms with van der Waals surface area (Å²) in [5, 5.41) is 9.65. The van der Waals surface area contributed by atoms with Gasteiger partial charge in [0.25, 0.3) is 6.43 Å². The maximum atomic E-state index is 13.8. The van der Waals surface area contributed by atoms with Gasteiger partial charge in [0.05, 0.1) is 12.1 Å². The van der Waals surface area contributed by atoms with Crippen molar-refractivity contribution in [2.45, 2.75) is 24.6 Å². The molecule has 0 heterocycles. The number of aliphatic hydroxyl groups is 1. The van der Waals surface area contributed by atoms with Crippen LogP contribution in [0.5, 0.6) is 11.5 Å². The lowest BCUT2D eigenvalue weighted by Crippen LogP contribution is -2.24. The van der Waals surface area contributed by atoms with Crippen LogP contribution in [0.15, 0.2) is 30.3 Å². The second kappa shape index (κ2) is 6.21. The summed E-state index contributed by atoms with van der Waals surface area (Å²) in [6.07, 6.45) is -9.09. The van der Waals surface area contributed by atoms with Crippen molar-refractivity contribution in [2.24, 2.45) is 0 Å². The molecule has 0 spiro atoms. The summed E-state index contributed by atoms with van der Waals surface area (Å²) < 4.78 is 86.7. The van der Waals surface area contributed by atoms with Gasteiger partial charge < -0.3 is 9.84 Å². The van der Waals surface area contributed by atoms with E-state index in [1.165, 1.54) is 0 Å². The maximum Gasteiger partial charge on any atom is 0.312 e. The van der Waals surface area contributed by atoms with E-state index in [2.05, 4.69) is 4.85 Å². The Kier molecular flexibility index (Phi) is 4.32. The van der Waals surface area contributed by atoms with E-state index in [1.807, 2.05) is 0 Å². The molecular weight excluding hydrogens is 364 g/mol. The summed E-state index contributed by atoms with van der Waals surface area (Å²) >= 11 is 0. The van der Waals surface area contributed by atoms with Crippen molar-refractivity contribution in [2.75, 3.05) is 0 Å². The molecule has 0 radical (unpaired) electrons. The molecule has 3 nitrogen and oxygen atoms in total. The molecule has 0 aliphatic heterocycles. The molecule has 2 aromatic carbocycles. The summed E-state index contributed by atoms with van der Waals surface area (Å²) in [6, 6.07) is 4.39. The maximum absolute atomic E-state index is 13.8. The number of hydrogen-bond donors (Lipinski definition) is 1. The first-order valence-corrected chi connectivity index (χ1v) is 7.17. The Morgan fingerprint density at radius 1 is 1.19 bits per heavy atom. The molecule has 2 aromatic rings. The molecule has 2 unspecified atom stereocenters. The number of fused-ring (bicyclic) bond motifs is 1. The second-order valence-electron chi connectivity index (χ2n) is 5.58. The number of alkyl halides is 5. The van der Waals surface area contributed by atoms with Crippen molar-refractivity contribution in [3.05, 3.63) is 64.3 Å². The number of hydrogen-bond acceptors (Lipinski definition) is 2. The van der Waals surface area contributed by atoms with Crippen LogP contribution in [-0.2, 0) is 0 Å². The van der Waals surface area contributed by atoms with Crippen LogP contribution < -0.4 is 4.74 Å². The van der Waals surface area contributed by atoms with Gasteiger partial charge in [0.1, 0.15) is 23.4 Å². The first-order chi connectivity index (χ1) is 12.2. The molecule has 0 saturated carbocycles. The predicted molar refractivity (Wildman–Crippen MR) is 77.9 cm³/mol. The smallest absolute Gasteiger partial charge is 0.312 e. The number of benzene rings is 2. The van der Waals surface area contributed by atoms with Crippen molar-refractivity contribution in [3.63, 3.8) is 0 Å². The van der Waals surface area contributed by atoms with Crippen molar-refractivity contribution >= 4 is 5.69 Å². The van der Waals surface area contributed by atoms with Crippen molar-refractivity contribution in [1.29, 1.82) is 0 Å². The summed E-state index contributed by atoms with van der Waals surface area (Å²) in [4.78, 5) is 2.98. The number of halogens is 6. The SMILES string of the molecule is [C-]#[N+]c1cc(F)cc(Oc2ccc3c(c2C(F)F)C(O)C(F)(F)C3F)c1. The minimum atomic E-state index is -4.26. The minimum Gasteiger partial charge on any atom is -0.458 e. The Morgan fingerprint density at radius 3 is 2.50 bits per heavy atom. The average Bonchev–Trinajstić information content (AvgIpc) is 2.74. The second-order valence-corrected chi connectivity index (χ2v) is 5.58. The third kappa shape index (κ3) is 2.76. The van der Waals surface area contributed by atoms with E-state index >= 15 is 0 Å². The Labute approximate surface area is 143 Å². The molecular formula is C17H9F6NO2. The molecule has 0 aromatic heterocycles. The van der Waals surface area contributed by atoms with Crippen LogP contribution in [0.25, 0.3) is 4.85 Å². The van der Waals surface area contributed by atoms with Crippen LogP contribution in [0.2, 0.25) is 0 Å². The highest BCUT2D eigenvalue weighted by molar-refractivity contribution is 5.55. The molecule has 0 saturated heterocycles. The van der Waals surface area contributed by atoms with E-state index in [0.717, 1.165) is 30.3 Å². The van der Waals surface area contributed by atoms with Crippen molar-refractivity contribution < 1.29 is 36.2 Å². The van der Waals surface area contributed by atoms with Crippen LogP contribution in [0.4, 0.5) is 32.0 Å². The van der Waals surface area contributed by atoms with Crippen LogP contribution in [0.3, 0.4) is 0 Å². The van der Waals surface area contributed by atoms with Gasteiger partial charge in [-0.1, -0.05) is 6.07 Å². The van der Waals surface area contributed by atoms with Gasteiger partial charge in [-0.2, -0.15) is 8.78 Å². The van der Waals surface area contributed by atoms with Crippen LogP contribution >= 0.6 is 0 Å². The third-order valence-corrected chi connectivity index (χ3v) is 3.96. The first kappa shape index (κ1) is 18.1. The van der Waals surface area contributed by atoms with Gasteiger partial charge in [-0.3, -0.25) is 0 Å². The minimum absolute atomic E-state index is 0.171. The molecule has 2 atom stereocenters. The number of ether oxygens (including phenoxy) is 1. The van der Waals surface area contributed by atoms with Gasteiger partial charge in [-0.25, -0.2) is 22.4 Å². The van der Waals surface area contributed by atoms with Gasteiger partial charge >= 0.3 is 5.92 Å². The molecule has 26 heavy (non-hydrogen) atoms. The normalized spacial score (nSPS) is 20.7. The number of aliphatic hydroxyl groups excluding tert-OH is 1. The highest BCUT2D eigenvalue weighted by Crippen LogP contribution is 2.56. The highest BCUT2D eigenvalue weighted by atomic mass is 19.3. The van der Waals surface area contributed by atoms with Gasteiger partial charge in [0.2, 0.25) is 0 Å². The van der Waals surface area contributed by atoms with Gasteiger partial charge in [-0.15, -0.1) is 0 Å². The van der Waals surface area contributed by atoms with E-state index in [9.17, 15) is 31.4 Å². The predicted octanol–water partition coefficient (Wildman–Crippen LogP) is 5.80. The molecule has 9 heteroatoms. The quantitative estimate of drug-likeness (QED) is 0.545. The van der Waals surface area contributed by atoms with Crippen LogP contribution in [0, 0.1) is 12.4 Å². The van der Waals surface area contributed by atoms with E-state index in [4.69, 9.17) is 11.3 Å². The van der Waals surface area contributed by atoms with Gasteiger partial charge in [0.15, 0.2) is 11.9 Å². The lowest BCUT2D eigenvalue weighted by molar-refractivity contribution is -0.143. The molecule has 1 aliphatic rings. The Hall–Kier alpha value is -2.73. The number of nitrogens with zero attached hydrogens (tertiary/aromatic N) is 1. The lowest BCUT2D eigenvalue weighted by atomic mass is 10.0. The zero-order valence-corrected chi connectivity index (χ0v) is 12.7. The molecule has 136 valence electrons. The summed E-state index contributed by atoms with van der Waals surface area (Å²) in [7, 11) is 0. The average molecular weight is 373 g/mol. The molecule has 1 N–H and O–H groups in total. The van der Waals surface area contributed by atoms with Gasteiger partial charge in [-0.05, 0) is 23.8 Å². The largest absolute Gasteiger partial charge is 0.458 e.